The summed E-state index contributed by atoms with van der Waals surface area (Å²) >= 11 is 0. The van der Waals surface area contributed by atoms with E-state index in [2.05, 4.69) is 24.0 Å². The van der Waals surface area contributed by atoms with Gasteiger partial charge in [-0.05, 0) is 19.8 Å². The van der Waals surface area contributed by atoms with Gasteiger partial charge in [-0.2, -0.15) is 0 Å². The van der Waals surface area contributed by atoms with Crippen LogP contribution >= 0.6 is 0 Å². The largest absolute Gasteiger partial charge is 0.394 e. The van der Waals surface area contributed by atoms with E-state index in [1.807, 2.05) is 0 Å². The van der Waals surface area contributed by atoms with Crippen LogP contribution in [0.25, 0.3) is 0 Å². The van der Waals surface area contributed by atoms with Crippen LogP contribution in [0.1, 0.15) is 19.8 Å². The molecule has 1 saturated heterocycles. The minimum Gasteiger partial charge on any atom is -0.394 e. The van der Waals surface area contributed by atoms with Crippen molar-refractivity contribution in [2.24, 2.45) is 0 Å². The van der Waals surface area contributed by atoms with Crippen molar-refractivity contribution in [1.29, 1.82) is 0 Å². The molecule has 1 fully saturated rings. The van der Waals surface area contributed by atoms with Gasteiger partial charge in [0, 0.05) is 19.6 Å². The molecule has 1 rings (SSSR count). The zero-order chi connectivity index (χ0) is 10.2. The van der Waals surface area contributed by atoms with Crippen LogP contribution in [0, 0.1) is 0 Å². The van der Waals surface area contributed by atoms with E-state index in [9.17, 15) is 0 Å². The molecule has 0 unspecified atom stereocenters. The number of hydrogen-bond acceptors (Lipinski definition) is 3. The van der Waals surface area contributed by atoms with Gasteiger partial charge in [0.2, 0.25) is 0 Å². The minimum absolute atomic E-state index is 0.138. The molecule has 0 amide bonds. The molecule has 0 aromatic carbocycles. The summed E-state index contributed by atoms with van der Waals surface area (Å²) in [7, 11) is 0. The average Bonchev–Trinajstić information content (AvgIpc) is 2.25. The predicted molar refractivity (Wildman–Crippen MR) is 57.3 cm³/mol. The Morgan fingerprint density at radius 1 is 1.43 bits per heavy atom. The highest BCUT2D eigenvalue weighted by Crippen LogP contribution is 2.13. The number of allylic oxidation sites excluding steroid dienone is 1. The van der Waals surface area contributed by atoms with Gasteiger partial charge in [-0.1, -0.05) is 12.2 Å². The van der Waals surface area contributed by atoms with Gasteiger partial charge in [-0.3, -0.25) is 4.90 Å². The van der Waals surface area contributed by atoms with E-state index < -0.39 is 0 Å². The van der Waals surface area contributed by atoms with Crippen LogP contribution in [0.5, 0.6) is 0 Å². The van der Waals surface area contributed by atoms with Gasteiger partial charge in [0.15, 0.2) is 0 Å². The van der Waals surface area contributed by atoms with E-state index >= 15 is 0 Å². The molecule has 82 valence electrons. The number of nitrogens with zero attached hydrogens (tertiary/aromatic N) is 1. The molecule has 0 atom stereocenters. The lowest BCUT2D eigenvalue weighted by atomic mass is 10.1. The smallest absolute Gasteiger partial charge is 0.0701 e. The minimum atomic E-state index is 0.138. The van der Waals surface area contributed by atoms with Crippen molar-refractivity contribution >= 4 is 0 Å². The van der Waals surface area contributed by atoms with Gasteiger partial charge < -0.3 is 9.84 Å². The summed E-state index contributed by atoms with van der Waals surface area (Å²) in [6, 6.07) is 0. The fraction of sp³-hybridized carbons (Fsp3) is 0.818. The van der Waals surface area contributed by atoms with Crippen molar-refractivity contribution in [3.63, 3.8) is 0 Å². The molecule has 0 aromatic heterocycles. The second-order valence-electron chi connectivity index (χ2n) is 3.66. The molecule has 1 aliphatic heterocycles. The number of rotatable bonds is 5. The van der Waals surface area contributed by atoms with Crippen LogP contribution in [0.4, 0.5) is 0 Å². The van der Waals surface area contributed by atoms with Gasteiger partial charge in [-0.25, -0.2) is 0 Å². The van der Waals surface area contributed by atoms with E-state index in [4.69, 9.17) is 9.84 Å². The highest BCUT2D eigenvalue weighted by atomic mass is 16.5. The molecule has 1 N–H and O–H groups in total. The van der Waals surface area contributed by atoms with Gasteiger partial charge in [-0.15, -0.1) is 0 Å². The molecule has 0 saturated carbocycles. The Morgan fingerprint density at radius 2 is 2.14 bits per heavy atom. The molecule has 14 heavy (non-hydrogen) atoms. The molecule has 1 heterocycles. The quantitative estimate of drug-likeness (QED) is 0.671. The van der Waals surface area contributed by atoms with Crippen LogP contribution in [0.3, 0.4) is 0 Å². The molecule has 0 aromatic rings. The summed E-state index contributed by atoms with van der Waals surface area (Å²) in [5.74, 6) is 0. The number of aliphatic hydroxyl groups is 1. The summed E-state index contributed by atoms with van der Waals surface area (Å²) < 4.78 is 5.49. The highest BCUT2D eigenvalue weighted by Gasteiger charge is 2.18. The number of hydrogen-bond donors (Lipinski definition) is 1. The van der Waals surface area contributed by atoms with Crippen molar-refractivity contribution in [3.8, 4) is 0 Å². The van der Waals surface area contributed by atoms with E-state index in [0.29, 0.717) is 12.7 Å². The maximum Gasteiger partial charge on any atom is 0.0701 e. The summed E-state index contributed by atoms with van der Waals surface area (Å²) in [5.41, 5.74) is 0. The number of ether oxygens (including phenoxy) is 1. The van der Waals surface area contributed by atoms with E-state index in [1.54, 1.807) is 0 Å². The Morgan fingerprint density at radius 3 is 2.71 bits per heavy atom. The van der Waals surface area contributed by atoms with Gasteiger partial charge >= 0.3 is 0 Å². The van der Waals surface area contributed by atoms with Crippen LogP contribution < -0.4 is 0 Å². The van der Waals surface area contributed by atoms with Gasteiger partial charge in [0.1, 0.15) is 0 Å². The van der Waals surface area contributed by atoms with Crippen LogP contribution in [0.15, 0.2) is 12.2 Å². The van der Waals surface area contributed by atoms with Crippen LogP contribution in [-0.2, 0) is 4.74 Å². The third kappa shape index (κ3) is 4.22. The Hall–Kier alpha value is -0.380. The zero-order valence-electron chi connectivity index (χ0n) is 8.98. The van der Waals surface area contributed by atoms with Gasteiger partial charge in [0.25, 0.3) is 0 Å². The van der Waals surface area contributed by atoms with Crippen molar-refractivity contribution < 1.29 is 9.84 Å². The van der Waals surface area contributed by atoms with Crippen molar-refractivity contribution in [3.05, 3.63) is 12.2 Å². The lowest BCUT2D eigenvalue weighted by Crippen LogP contribution is -2.37. The van der Waals surface area contributed by atoms with Crippen LogP contribution in [0.2, 0.25) is 0 Å². The molecule has 0 spiro atoms. The van der Waals surface area contributed by atoms with Crippen LogP contribution in [-0.4, -0.2) is 49.0 Å². The SMILES string of the molecule is C/C=C/CN1CCC(OCCO)CC1. The second kappa shape index (κ2) is 6.98. The van der Waals surface area contributed by atoms with Crippen molar-refractivity contribution in [2.45, 2.75) is 25.9 Å². The first-order valence-electron chi connectivity index (χ1n) is 5.42. The second-order valence-corrected chi connectivity index (χ2v) is 3.66. The maximum atomic E-state index is 8.62. The topological polar surface area (TPSA) is 32.7 Å². The van der Waals surface area contributed by atoms with Gasteiger partial charge in [0.05, 0.1) is 19.3 Å². The summed E-state index contributed by atoms with van der Waals surface area (Å²) in [6.07, 6.45) is 6.84. The Labute approximate surface area is 86.4 Å². The first-order valence-corrected chi connectivity index (χ1v) is 5.42. The Bertz CT molecular complexity index is 163. The monoisotopic (exact) mass is 199 g/mol. The summed E-state index contributed by atoms with van der Waals surface area (Å²) in [4.78, 5) is 2.43. The summed E-state index contributed by atoms with van der Waals surface area (Å²) in [6.45, 7) is 5.96. The first-order chi connectivity index (χ1) is 6.86. The summed E-state index contributed by atoms with van der Waals surface area (Å²) in [5, 5.41) is 8.62. The number of piperidine rings is 1. The zero-order valence-corrected chi connectivity index (χ0v) is 8.98. The third-order valence-electron chi connectivity index (χ3n) is 2.58. The fourth-order valence-electron chi connectivity index (χ4n) is 1.73. The fourth-order valence-corrected chi connectivity index (χ4v) is 1.73. The molecule has 1 aliphatic rings. The lowest BCUT2D eigenvalue weighted by Gasteiger charge is -2.30. The molecule has 3 heteroatoms. The molecule has 0 bridgehead atoms. The Kier molecular flexibility index (Phi) is 5.83. The Balaban J connectivity index is 2.11. The molecular weight excluding hydrogens is 178 g/mol. The molecule has 0 radical (unpaired) electrons. The standard InChI is InChI=1S/C11H21NO2/c1-2-3-6-12-7-4-11(5-8-12)14-10-9-13/h2-3,11,13H,4-10H2,1H3/b3-2+. The van der Waals surface area contributed by atoms with Crippen molar-refractivity contribution in [1.82, 2.24) is 4.90 Å². The molecular formula is C11H21NO2. The lowest BCUT2D eigenvalue weighted by molar-refractivity contribution is -0.00591. The van der Waals surface area contributed by atoms with E-state index in [-0.39, 0.29) is 6.61 Å². The van der Waals surface area contributed by atoms with Crippen molar-refractivity contribution in [2.75, 3.05) is 32.8 Å². The number of aliphatic hydroxyl groups excluding tert-OH is 1. The first kappa shape index (κ1) is 11.7. The third-order valence-corrected chi connectivity index (χ3v) is 2.58. The predicted octanol–water partition coefficient (Wildman–Crippen LogP) is 1.04. The molecule has 0 aliphatic carbocycles. The maximum absolute atomic E-state index is 8.62. The normalized spacial score (nSPS) is 20.7. The van der Waals surface area contributed by atoms with E-state index in [0.717, 1.165) is 32.5 Å². The van der Waals surface area contributed by atoms with E-state index in [1.165, 1.54) is 0 Å². The highest BCUT2D eigenvalue weighted by molar-refractivity contribution is 4.83. The number of likely N-dealkylation sites (tertiary alicyclic amines) is 1. The average molecular weight is 199 g/mol. The molecule has 3 nitrogen and oxygen atoms in total.